The van der Waals surface area contributed by atoms with Gasteiger partial charge in [0, 0.05) is 67.3 Å². The summed E-state index contributed by atoms with van der Waals surface area (Å²) in [4.78, 5) is 43.7. The molecule has 0 spiro atoms. The van der Waals surface area contributed by atoms with Crippen LogP contribution in [0.5, 0.6) is 0 Å². The van der Waals surface area contributed by atoms with Crippen LogP contribution in [0, 0.1) is 20.8 Å². The molecule has 8 nitrogen and oxygen atoms in total. The van der Waals surface area contributed by atoms with E-state index in [4.69, 9.17) is 4.98 Å². The average molecular weight is 585 g/mol. The van der Waals surface area contributed by atoms with Gasteiger partial charge in [-0.05, 0) is 91.6 Å². The van der Waals surface area contributed by atoms with Gasteiger partial charge in [0.25, 0.3) is 11.7 Å². The summed E-state index contributed by atoms with van der Waals surface area (Å²) in [7, 11) is 0. The van der Waals surface area contributed by atoms with Gasteiger partial charge in [0.05, 0.1) is 5.69 Å². The van der Waals surface area contributed by atoms with Gasteiger partial charge < -0.3 is 20.1 Å². The summed E-state index contributed by atoms with van der Waals surface area (Å²) in [6.07, 6.45) is 3.53. The molecule has 0 bridgehead atoms. The molecule has 1 saturated heterocycles. The Morgan fingerprint density at radius 1 is 0.818 bits per heavy atom. The number of ketones is 1. The quantitative estimate of drug-likeness (QED) is 0.170. The van der Waals surface area contributed by atoms with Gasteiger partial charge in [-0.15, -0.1) is 0 Å². The minimum absolute atomic E-state index is 0.257. The number of hydrogen-bond donors (Lipinski definition) is 2. The summed E-state index contributed by atoms with van der Waals surface area (Å²) in [6, 6.07) is 27.7. The van der Waals surface area contributed by atoms with Crippen molar-refractivity contribution in [1.29, 1.82) is 0 Å². The molecule has 1 atom stereocenters. The number of pyridine rings is 2. The minimum atomic E-state index is -0.687. The van der Waals surface area contributed by atoms with Gasteiger partial charge in [0.15, 0.2) is 0 Å². The molecule has 6 rings (SSSR count). The Labute approximate surface area is 257 Å². The molecule has 2 aromatic carbocycles. The van der Waals surface area contributed by atoms with Crippen LogP contribution in [0.2, 0.25) is 0 Å². The normalized spacial score (nSPS) is 13.9. The van der Waals surface area contributed by atoms with Gasteiger partial charge in [0.2, 0.25) is 0 Å². The number of hydrogen-bond acceptors (Lipinski definition) is 6. The predicted octanol–water partition coefficient (Wildman–Crippen LogP) is 6.06. The van der Waals surface area contributed by atoms with E-state index in [9.17, 15) is 9.59 Å². The van der Waals surface area contributed by atoms with Crippen LogP contribution < -0.4 is 15.1 Å². The minimum Gasteiger partial charge on any atom is -0.368 e. The second kappa shape index (κ2) is 12.6. The topological polar surface area (TPSA) is 94.2 Å². The van der Waals surface area contributed by atoms with Crippen molar-refractivity contribution in [3.05, 3.63) is 137 Å². The molecule has 0 radical (unpaired) electrons. The van der Waals surface area contributed by atoms with Crippen molar-refractivity contribution in [3.63, 3.8) is 0 Å². The second-order valence-corrected chi connectivity index (χ2v) is 11.4. The lowest BCUT2D eigenvalue weighted by Gasteiger charge is -2.37. The lowest BCUT2D eigenvalue weighted by Crippen LogP contribution is -2.46. The Morgan fingerprint density at radius 2 is 1.52 bits per heavy atom. The molecule has 8 heteroatoms. The smallest absolute Gasteiger partial charge is 0.298 e. The van der Waals surface area contributed by atoms with E-state index in [0.717, 1.165) is 65.8 Å². The number of anilines is 3. The van der Waals surface area contributed by atoms with E-state index < -0.39 is 11.7 Å². The van der Waals surface area contributed by atoms with E-state index in [2.05, 4.69) is 44.1 Å². The standard InChI is InChI=1S/C36H36N6O2/c1-24-20-25(2)38-32(21-24)42-18-16-41(17-19-42)30-13-11-29(12-14-30)40-36(44)35(43)34-31(22-26(3)39-34)33(27-8-5-4-6-9-27)28-10-7-15-37-23-28/h4-15,20-23,33,39H,16-19H2,1-3H3,(H,40,44). The summed E-state index contributed by atoms with van der Waals surface area (Å²) >= 11 is 0. The monoisotopic (exact) mass is 584 g/mol. The number of Topliss-reactive ketones (excluding diaryl/α,β-unsaturated/α-hetero) is 1. The van der Waals surface area contributed by atoms with Crippen molar-refractivity contribution < 1.29 is 9.59 Å². The van der Waals surface area contributed by atoms with Gasteiger partial charge in [-0.2, -0.15) is 0 Å². The van der Waals surface area contributed by atoms with Gasteiger partial charge in [0.1, 0.15) is 5.82 Å². The molecule has 5 aromatic rings. The molecule has 1 aliphatic heterocycles. The maximum Gasteiger partial charge on any atom is 0.298 e. The van der Waals surface area contributed by atoms with Gasteiger partial charge in [-0.25, -0.2) is 4.98 Å². The van der Waals surface area contributed by atoms with Crippen LogP contribution in [0.4, 0.5) is 17.2 Å². The predicted molar refractivity (Wildman–Crippen MR) is 175 cm³/mol. The Bertz CT molecular complexity index is 1700. The molecule has 1 unspecified atom stereocenters. The van der Waals surface area contributed by atoms with Crippen LogP contribution in [0.3, 0.4) is 0 Å². The summed E-state index contributed by atoms with van der Waals surface area (Å²) < 4.78 is 0. The highest BCUT2D eigenvalue weighted by molar-refractivity contribution is 6.46. The number of amides is 1. The summed E-state index contributed by atoms with van der Waals surface area (Å²) in [5, 5.41) is 2.81. The third kappa shape index (κ3) is 6.24. The highest BCUT2D eigenvalue weighted by Crippen LogP contribution is 2.34. The number of carbonyl (C=O) groups excluding carboxylic acids is 2. The average Bonchev–Trinajstić information content (AvgIpc) is 3.42. The lowest BCUT2D eigenvalue weighted by molar-refractivity contribution is -0.112. The van der Waals surface area contributed by atoms with E-state index in [1.54, 1.807) is 12.4 Å². The molecule has 0 saturated carbocycles. The molecule has 222 valence electrons. The van der Waals surface area contributed by atoms with Crippen molar-refractivity contribution in [2.75, 3.05) is 41.3 Å². The first-order valence-corrected chi connectivity index (χ1v) is 14.9. The van der Waals surface area contributed by atoms with E-state index in [1.807, 2.05) is 86.6 Å². The summed E-state index contributed by atoms with van der Waals surface area (Å²) in [5.74, 6) is -0.528. The molecule has 1 fully saturated rings. The number of aromatic nitrogens is 3. The largest absolute Gasteiger partial charge is 0.368 e. The molecular weight excluding hydrogens is 548 g/mol. The SMILES string of the molecule is Cc1cc(C)nc(N2CCN(c3ccc(NC(=O)C(=O)c4[nH]c(C)cc4C(c4ccccc4)c4cccnc4)cc3)CC2)c1. The van der Waals surface area contributed by atoms with Crippen molar-refractivity contribution in [1.82, 2.24) is 15.0 Å². The Balaban J connectivity index is 1.15. The number of aryl methyl sites for hydroxylation is 3. The fourth-order valence-electron chi connectivity index (χ4n) is 6.00. The second-order valence-electron chi connectivity index (χ2n) is 11.4. The summed E-state index contributed by atoms with van der Waals surface area (Å²) in [6.45, 7) is 9.52. The van der Waals surface area contributed by atoms with Crippen LogP contribution in [-0.4, -0.2) is 52.8 Å². The van der Waals surface area contributed by atoms with Crippen molar-refractivity contribution >= 4 is 28.9 Å². The third-order valence-electron chi connectivity index (χ3n) is 8.06. The Kier molecular flexibility index (Phi) is 8.23. The van der Waals surface area contributed by atoms with Crippen LogP contribution >= 0.6 is 0 Å². The van der Waals surface area contributed by atoms with Gasteiger partial charge in [-0.1, -0.05) is 36.4 Å². The number of nitrogens with one attached hydrogen (secondary N) is 2. The highest BCUT2D eigenvalue weighted by Gasteiger charge is 2.28. The van der Waals surface area contributed by atoms with Gasteiger partial charge in [-0.3, -0.25) is 14.6 Å². The fraction of sp³-hybridized carbons (Fsp3) is 0.222. The molecule has 1 aliphatic rings. The first-order valence-electron chi connectivity index (χ1n) is 14.9. The first-order chi connectivity index (χ1) is 21.4. The van der Waals surface area contributed by atoms with Crippen LogP contribution in [-0.2, 0) is 4.79 Å². The number of carbonyl (C=O) groups is 2. The molecule has 4 heterocycles. The van der Waals surface area contributed by atoms with Crippen LogP contribution in [0.25, 0.3) is 0 Å². The number of aromatic amines is 1. The first kappa shape index (κ1) is 28.9. The molecule has 3 aromatic heterocycles. The summed E-state index contributed by atoms with van der Waals surface area (Å²) in [5.41, 5.74) is 7.68. The van der Waals surface area contributed by atoms with E-state index in [-0.39, 0.29) is 11.6 Å². The number of piperazine rings is 1. The molecule has 1 amide bonds. The zero-order valence-electron chi connectivity index (χ0n) is 25.2. The molecular formula is C36H36N6O2. The zero-order valence-corrected chi connectivity index (χ0v) is 25.2. The number of benzene rings is 2. The fourth-order valence-corrected chi connectivity index (χ4v) is 6.00. The number of rotatable bonds is 8. The van der Waals surface area contributed by atoms with Crippen molar-refractivity contribution in [3.8, 4) is 0 Å². The molecule has 0 aliphatic carbocycles. The Morgan fingerprint density at radius 3 is 2.20 bits per heavy atom. The van der Waals surface area contributed by atoms with Crippen molar-refractivity contribution in [2.24, 2.45) is 0 Å². The third-order valence-corrected chi connectivity index (χ3v) is 8.06. The van der Waals surface area contributed by atoms with E-state index >= 15 is 0 Å². The van der Waals surface area contributed by atoms with Crippen LogP contribution in [0.15, 0.2) is 97.3 Å². The zero-order chi connectivity index (χ0) is 30.6. The molecule has 44 heavy (non-hydrogen) atoms. The van der Waals surface area contributed by atoms with Crippen LogP contribution in [0.1, 0.15) is 50.0 Å². The maximum absolute atomic E-state index is 13.6. The van der Waals surface area contributed by atoms with E-state index in [0.29, 0.717) is 5.69 Å². The molecule has 2 N–H and O–H groups in total. The van der Waals surface area contributed by atoms with E-state index in [1.165, 1.54) is 5.56 Å². The maximum atomic E-state index is 13.6. The highest BCUT2D eigenvalue weighted by atomic mass is 16.2. The number of nitrogens with zero attached hydrogens (tertiary/aromatic N) is 4. The van der Waals surface area contributed by atoms with Gasteiger partial charge >= 0.3 is 0 Å². The Hall–Kier alpha value is -5.24. The van der Waals surface area contributed by atoms with Crippen molar-refractivity contribution in [2.45, 2.75) is 26.7 Å². The number of H-pyrrole nitrogens is 1. The lowest BCUT2D eigenvalue weighted by atomic mass is 9.85.